The van der Waals surface area contributed by atoms with Crippen LogP contribution in [0.1, 0.15) is 175 Å². The fraction of sp³-hybridized carbons (Fsp3) is 0.359. The van der Waals surface area contributed by atoms with Crippen LogP contribution in [0.2, 0.25) is 0 Å². The Morgan fingerprint density at radius 1 is 0.482 bits per heavy atom. The van der Waals surface area contributed by atoms with Gasteiger partial charge < -0.3 is 14.2 Å². The molecule has 15 rings (SSSR count). The van der Waals surface area contributed by atoms with E-state index in [-0.39, 0.29) is 44.7 Å². The summed E-state index contributed by atoms with van der Waals surface area (Å²) in [5, 5.41) is 1.26. The molecule has 0 saturated heterocycles. The van der Waals surface area contributed by atoms with E-state index >= 15 is 0 Å². The van der Waals surface area contributed by atoms with E-state index < -0.39 is 0 Å². The number of benzene rings is 8. The lowest BCUT2D eigenvalue weighted by Crippen LogP contribution is -2.64. The van der Waals surface area contributed by atoms with E-state index in [1.165, 1.54) is 107 Å². The smallest absolute Gasteiger partial charge is 0.257 e. The summed E-state index contributed by atoms with van der Waals surface area (Å²) in [6.45, 7) is 32.2. The minimum Gasteiger partial charge on any atom is -0.440 e. The Kier molecular flexibility index (Phi) is 11.2. The monoisotopic (exact) mass is 1090 g/mol. The molecule has 1 aromatic heterocycles. The molecule has 0 spiro atoms. The molecule has 83 heavy (non-hydrogen) atoms. The van der Waals surface area contributed by atoms with Crippen LogP contribution in [0, 0.1) is 0 Å². The summed E-state index contributed by atoms with van der Waals surface area (Å²) in [5.74, 6) is 0.948. The van der Waals surface area contributed by atoms with E-state index in [1.807, 2.05) is 0 Å². The van der Waals surface area contributed by atoms with Crippen molar-refractivity contribution in [2.45, 2.75) is 179 Å². The lowest BCUT2D eigenvalue weighted by molar-refractivity contribution is 0.195. The van der Waals surface area contributed by atoms with Gasteiger partial charge in [-0.1, -0.05) is 211 Å². The lowest BCUT2D eigenvalue weighted by atomic mass is 9.33. The number of furan rings is 1. The maximum Gasteiger partial charge on any atom is 0.257 e. The molecule has 5 heteroatoms. The van der Waals surface area contributed by atoms with Crippen molar-refractivity contribution < 1.29 is 4.42 Å². The van der Waals surface area contributed by atoms with E-state index in [0.717, 1.165) is 72.7 Å². The van der Waals surface area contributed by atoms with Crippen LogP contribution < -0.4 is 31.1 Å². The predicted octanol–water partition coefficient (Wildman–Crippen LogP) is 19.6. The Labute approximate surface area is 495 Å². The second-order valence-corrected chi connectivity index (χ2v) is 30.1. The van der Waals surface area contributed by atoms with Crippen LogP contribution >= 0.6 is 0 Å². The normalized spacial score (nSPS) is 21.8. The number of anilines is 8. The summed E-state index contributed by atoms with van der Waals surface area (Å²) in [6, 6.07) is 63.4. The van der Waals surface area contributed by atoms with Crippen LogP contribution in [0.4, 0.5) is 45.7 Å². The highest BCUT2D eigenvalue weighted by molar-refractivity contribution is 7.01. The molecule has 1 fully saturated rings. The number of fused-ring (bicyclic) bond motifs is 11. The van der Waals surface area contributed by atoms with E-state index in [9.17, 15) is 0 Å². The number of hydrogen-bond donors (Lipinski definition) is 0. The van der Waals surface area contributed by atoms with Crippen LogP contribution in [0.5, 0.6) is 0 Å². The van der Waals surface area contributed by atoms with Crippen molar-refractivity contribution in [3.05, 3.63) is 197 Å². The van der Waals surface area contributed by atoms with Crippen molar-refractivity contribution >= 4 is 79.8 Å². The molecule has 6 aliphatic rings. The molecule has 0 amide bonds. The molecule has 3 aliphatic heterocycles. The molecule has 418 valence electrons. The minimum absolute atomic E-state index is 0.0115. The number of para-hydroxylation sites is 2. The van der Waals surface area contributed by atoms with Crippen molar-refractivity contribution in [1.29, 1.82) is 0 Å². The van der Waals surface area contributed by atoms with Crippen LogP contribution in [0.3, 0.4) is 0 Å². The van der Waals surface area contributed by atoms with E-state index in [0.29, 0.717) is 0 Å². The zero-order chi connectivity index (χ0) is 57.5. The lowest BCUT2D eigenvalue weighted by Gasteiger charge is -2.52. The third-order valence-corrected chi connectivity index (χ3v) is 22.3. The Bertz CT molecular complexity index is 4070. The highest BCUT2D eigenvalue weighted by Gasteiger charge is 2.62. The molecule has 4 heterocycles. The fourth-order valence-electron chi connectivity index (χ4n) is 16.9. The topological polar surface area (TPSA) is 22.9 Å². The number of nitrogens with zero attached hydrogens (tertiary/aromatic N) is 3. The molecule has 0 N–H and O–H groups in total. The van der Waals surface area contributed by atoms with E-state index in [4.69, 9.17) is 4.42 Å². The van der Waals surface area contributed by atoms with Crippen LogP contribution in [-0.4, -0.2) is 12.3 Å². The summed E-state index contributed by atoms with van der Waals surface area (Å²) in [5.41, 5.74) is 26.8. The second-order valence-electron chi connectivity index (χ2n) is 30.1. The molecule has 2 unspecified atom stereocenters. The van der Waals surface area contributed by atoms with Crippen molar-refractivity contribution in [2.75, 3.05) is 14.7 Å². The van der Waals surface area contributed by atoms with Gasteiger partial charge >= 0.3 is 0 Å². The van der Waals surface area contributed by atoms with Gasteiger partial charge in [-0.25, -0.2) is 0 Å². The first kappa shape index (κ1) is 52.6. The van der Waals surface area contributed by atoms with Gasteiger partial charge in [-0.15, -0.1) is 0 Å². The average Bonchev–Trinajstić information content (AvgIpc) is 1.70. The first-order valence-electron chi connectivity index (χ1n) is 31.3. The molecule has 8 aromatic carbocycles. The Morgan fingerprint density at radius 3 is 1.61 bits per heavy atom. The van der Waals surface area contributed by atoms with Crippen molar-refractivity contribution in [3.8, 4) is 22.3 Å². The Morgan fingerprint density at radius 2 is 1.01 bits per heavy atom. The zero-order valence-corrected chi connectivity index (χ0v) is 51.6. The summed E-state index contributed by atoms with van der Waals surface area (Å²) in [4.78, 5) is 8.16. The molecule has 2 atom stereocenters. The second kappa shape index (κ2) is 17.7. The van der Waals surface area contributed by atoms with Gasteiger partial charge in [0, 0.05) is 50.1 Å². The van der Waals surface area contributed by atoms with Gasteiger partial charge in [-0.3, -0.25) is 4.90 Å². The van der Waals surface area contributed by atoms with Gasteiger partial charge in [0.25, 0.3) is 6.71 Å². The van der Waals surface area contributed by atoms with Crippen LogP contribution in [-0.2, 0) is 32.5 Å². The SMILES string of the molecule is CC(C)(C)c1cc2c3c(c1)C1(C)CCCCC1(C)N3c1cc(N(c3ccccc3-c3ccccc3)c3ccccc3-c3ccccc3)cc3c1B2c1c(oc2cc4c(cc12)C(C)(C)CCC4(C)C)N3c1ccc2c(c1)C(C)(C)CCC2(C)C. The first-order chi connectivity index (χ1) is 39.5. The Balaban J connectivity index is 1.12. The van der Waals surface area contributed by atoms with Gasteiger partial charge in [0.1, 0.15) is 5.58 Å². The van der Waals surface area contributed by atoms with Crippen molar-refractivity contribution in [1.82, 2.24) is 0 Å². The first-order valence-corrected chi connectivity index (χ1v) is 31.3. The summed E-state index contributed by atoms with van der Waals surface area (Å²) in [7, 11) is 0. The average molecular weight is 1090 g/mol. The highest BCUT2D eigenvalue weighted by atomic mass is 16.4. The van der Waals surface area contributed by atoms with Gasteiger partial charge in [0.05, 0.1) is 22.6 Å². The molecular weight excluding hydrogens is 1010 g/mol. The van der Waals surface area contributed by atoms with Gasteiger partial charge in [-0.05, 0) is 176 Å². The maximum atomic E-state index is 7.92. The predicted molar refractivity (Wildman–Crippen MR) is 353 cm³/mol. The zero-order valence-electron chi connectivity index (χ0n) is 51.6. The van der Waals surface area contributed by atoms with Crippen molar-refractivity contribution in [2.24, 2.45) is 0 Å². The fourth-order valence-corrected chi connectivity index (χ4v) is 16.9. The number of rotatable bonds is 6. The van der Waals surface area contributed by atoms with Gasteiger partial charge in [-0.2, -0.15) is 0 Å². The molecule has 1 saturated carbocycles. The number of hydrogen-bond acceptors (Lipinski definition) is 4. The highest BCUT2D eigenvalue weighted by Crippen LogP contribution is 2.64. The van der Waals surface area contributed by atoms with Gasteiger partial charge in [0.2, 0.25) is 5.88 Å². The maximum absolute atomic E-state index is 7.92. The van der Waals surface area contributed by atoms with Crippen LogP contribution in [0.25, 0.3) is 33.2 Å². The largest absolute Gasteiger partial charge is 0.440 e. The molecule has 9 aromatic rings. The van der Waals surface area contributed by atoms with Gasteiger partial charge in [0.15, 0.2) is 0 Å². The standard InChI is InChI=1S/C78H82BN3O/c1-72(2,3)51-42-61-70-62(43-51)79-68-56-47-59-60(76(10,11)41-40-75(59,8)9)48-67(56)83-71(68)81(52-34-35-57-58(44-52)74(6,7)39-38-73(57,4)5)65-45-53(46-66(69(65)79)82(70)78(13)37-25-24-36-77(61,78)12)80(63-32-22-20-30-54(63)49-26-16-14-17-27-49)64-33-23-21-31-55(64)50-28-18-15-19-29-50/h14-23,26-35,42-48H,24-25,36-41H2,1-13H3. The molecule has 0 radical (unpaired) electrons. The summed E-state index contributed by atoms with van der Waals surface area (Å²) >= 11 is 0. The summed E-state index contributed by atoms with van der Waals surface area (Å²) < 4.78 is 7.92. The summed E-state index contributed by atoms with van der Waals surface area (Å²) in [6.07, 6.45) is 9.27. The van der Waals surface area contributed by atoms with Crippen molar-refractivity contribution in [3.63, 3.8) is 0 Å². The van der Waals surface area contributed by atoms with E-state index in [1.54, 1.807) is 0 Å². The van der Waals surface area contributed by atoms with Crippen LogP contribution in [0.15, 0.2) is 168 Å². The molecular formula is C78H82BN3O. The molecule has 3 aliphatic carbocycles. The van der Waals surface area contributed by atoms with E-state index in [2.05, 4.69) is 269 Å². The third kappa shape index (κ3) is 7.50. The molecule has 4 nitrogen and oxygen atoms in total. The Hall–Kier alpha value is -7.24. The third-order valence-electron chi connectivity index (χ3n) is 22.3. The minimum atomic E-state index is -0.204. The quantitative estimate of drug-likeness (QED) is 0.155. The molecule has 0 bridgehead atoms.